The standard InChI is InChI=1S/C23H26N2O8S/c1-31-20-9-7-17(12-21(20)32-2)23(28)24-13-22(27)33-14-19(26)16-6-8-18-15(11-16)5-4-10-25(18)34(3,29)30/h6-9,11-12H,4-5,10,13-14H2,1-3H3,(H,24,28). The molecule has 182 valence electrons. The van der Waals surface area contributed by atoms with E-state index >= 15 is 0 Å². The summed E-state index contributed by atoms with van der Waals surface area (Å²) < 4.78 is 40.5. The second kappa shape index (κ2) is 10.6. The van der Waals surface area contributed by atoms with E-state index in [2.05, 4.69) is 5.32 Å². The van der Waals surface area contributed by atoms with Gasteiger partial charge in [0.25, 0.3) is 5.91 Å². The Hall–Kier alpha value is -3.60. The largest absolute Gasteiger partial charge is 0.493 e. The number of methoxy groups -OCH3 is 2. The maximum absolute atomic E-state index is 12.5. The molecule has 1 amide bonds. The Kier molecular flexibility index (Phi) is 7.77. The molecule has 2 aromatic rings. The van der Waals surface area contributed by atoms with Crippen LogP contribution >= 0.6 is 0 Å². The summed E-state index contributed by atoms with van der Waals surface area (Å²) in [5.74, 6) is -0.896. The number of Topliss-reactive ketones (excluding diaryl/α,β-unsaturated/α-hetero) is 1. The van der Waals surface area contributed by atoms with Crippen LogP contribution in [-0.4, -0.2) is 66.2 Å². The molecule has 11 heteroatoms. The number of aryl methyl sites for hydroxylation is 1. The number of ketones is 1. The van der Waals surface area contributed by atoms with Crippen molar-refractivity contribution in [1.82, 2.24) is 5.32 Å². The number of carbonyl (C=O) groups excluding carboxylic acids is 3. The first-order valence-electron chi connectivity index (χ1n) is 10.4. The second-order valence-electron chi connectivity index (χ2n) is 7.62. The quantitative estimate of drug-likeness (QED) is 0.414. The van der Waals surface area contributed by atoms with Crippen molar-refractivity contribution in [3.05, 3.63) is 53.1 Å². The maximum Gasteiger partial charge on any atom is 0.325 e. The number of hydrogen-bond acceptors (Lipinski definition) is 8. The number of amides is 1. The number of ether oxygens (including phenoxy) is 3. The molecule has 2 aromatic carbocycles. The topological polar surface area (TPSA) is 128 Å². The summed E-state index contributed by atoms with van der Waals surface area (Å²) >= 11 is 0. The van der Waals surface area contributed by atoms with Gasteiger partial charge in [-0.1, -0.05) is 0 Å². The van der Waals surface area contributed by atoms with Crippen LogP contribution in [0, 0.1) is 0 Å². The first kappa shape index (κ1) is 25.0. The van der Waals surface area contributed by atoms with Gasteiger partial charge in [-0.25, -0.2) is 8.42 Å². The van der Waals surface area contributed by atoms with Crippen LogP contribution in [0.3, 0.4) is 0 Å². The van der Waals surface area contributed by atoms with Crippen molar-refractivity contribution in [2.75, 3.05) is 44.5 Å². The molecule has 0 fully saturated rings. The highest BCUT2D eigenvalue weighted by Crippen LogP contribution is 2.30. The fourth-order valence-electron chi connectivity index (χ4n) is 3.59. The van der Waals surface area contributed by atoms with E-state index in [1.165, 1.54) is 36.7 Å². The van der Waals surface area contributed by atoms with E-state index in [-0.39, 0.29) is 5.56 Å². The van der Waals surface area contributed by atoms with E-state index in [9.17, 15) is 22.8 Å². The van der Waals surface area contributed by atoms with Crippen LogP contribution in [0.2, 0.25) is 0 Å². The summed E-state index contributed by atoms with van der Waals surface area (Å²) in [5.41, 5.74) is 1.88. The summed E-state index contributed by atoms with van der Waals surface area (Å²) in [4.78, 5) is 36.8. The number of nitrogens with one attached hydrogen (secondary N) is 1. The van der Waals surface area contributed by atoms with Gasteiger partial charge in [0.15, 0.2) is 23.9 Å². The molecule has 0 unspecified atom stereocenters. The predicted molar refractivity (Wildman–Crippen MR) is 124 cm³/mol. The minimum Gasteiger partial charge on any atom is -0.493 e. The van der Waals surface area contributed by atoms with Crippen molar-refractivity contribution in [2.24, 2.45) is 0 Å². The van der Waals surface area contributed by atoms with Crippen LogP contribution in [-0.2, 0) is 26.0 Å². The SMILES string of the molecule is COc1ccc(C(=O)NCC(=O)OCC(=O)c2ccc3c(c2)CCCN3S(C)(=O)=O)cc1OC. The van der Waals surface area contributed by atoms with Gasteiger partial charge in [0, 0.05) is 17.7 Å². The smallest absolute Gasteiger partial charge is 0.325 e. The summed E-state index contributed by atoms with van der Waals surface area (Å²) in [5, 5.41) is 2.43. The lowest BCUT2D eigenvalue weighted by Gasteiger charge is -2.29. The first-order chi connectivity index (χ1) is 16.1. The van der Waals surface area contributed by atoms with Gasteiger partial charge in [-0.05, 0) is 54.8 Å². The minimum absolute atomic E-state index is 0.263. The van der Waals surface area contributed by atoms with Gasteiger partial charge in [0.2, 0.25) is 10.0 Å². The Morgan fingerprint density at radius 3 is 2.38 bits per heavy atom. The number of fused-ring (bicyclic) bond motifs is 1. The molecule has 10 nitrogen and oxygen atoms in total. The van der Waals surface area contributed by atoms with Crippen LogP contribution < -0.4 is 19.1 Å². The van der Waals surface area contributed by atoms with Crippen LogP contribution in [0.1, 0.15) is 32.7 Å². The van der Waals surface area contributed by atoms with E-state index in [0.717, 1.165) is 11.8 Å². The molecule has 0 aliphatic carbocycles. The zero-order valence-corrected chi connectivity index (χ0v) is 19.9. The lowest BCUT2D eigenvalue weighted by Crippen LogP contribution is -2.34. The maximum atomic E-state index is 12.5. The van der Waals surface area contributed by atoms with E-state index in [4.69, 9.17) is 14.2 Å². The van der Waals surface area contributed by atoms with Crippen molar-refractivity contribution in [3.8, 4) is 11.5 Å². The fourth-order valence-corrected chi connectivity index (χ4v) is 4.59. The summed E-state index contributed by atoms with van der Waals surface area (Å²) in [7, 11) is -0.485. The van der Waals surface area contributed by atoms with Crippen molar-refractivity contribution >= 4 is 33.4 Å². The van der Waals surface area contributed by atoms with Gasteiger partial charge < -0.3 is 19.5 Å². The van der Waals surface area contributed by atoms with Gasteiger partial charge in [-0.2, -0.15) is 0 Å². The Morgan fingerprint density at radius 2 is 1.71 bits per heavy atom. The highest BCUT2D eigenvalue weighted by atomic mass is 32.2. The van der Waals surface area contributed by atoms with E-state index in [1.54, 1.807) is 18.2 Å². The summed E-state index contributed by atoms with van der Waals surface area (Å²) in [6.07, 6.45) is 2.43. The molecule has 1 N–H and O–H groups in total. The molecule has 0 saturated carbocycles. The molecule has 0 saturated heterocycles. The summed E-state index contributed by atoms with van der Waals surface area (Å²) in [6.45, 7) is -0.528. The number of carbonyl (C=O) groups is 3. The molecule has 1 heterocycles. The average molecular weight is 491 g/mol. The highest BCUT2D eigenvalue weighted by molar-refractivity contribution is 7.92. The number of sulfonamides is 1. The molecule has 34 heavy (non-hydrogen) atoms. The minimum atomic E-state index is -3.40. The third kappa shape index (κ3) is 5.84. The third-order valence-corrected chi connectivity index (χ3v) is 6.46. The number of esters is 1. The molecule has 0 bridgehead atoms. The van der Waals surface area contributed by atoms with E-state index < -0.39 is 40.8 Å². The molecule has 0 spiro atoms. The van der Waals surface area contributed by atoms with Gasteiger partial charge >= 0.3 is 5.97 Å². The zero-order valence-electron chi connectivity index (χ0n) is 19.1. The normalized spacial score (nSPS) is 13.0. The number of nitrogens with zero attached hydrogens (tertiary/aromatic N) is 1. The van der Waals surface area contributed by atoms with Gasteiger partial charge in [0.1, 0.15) is 6.54 Å². The molecular weight excluding hydrogens is 464 g/mol. The predicted octanol–water partition coefficient (Wildman–Crippen LogP) is 1.57. The van der Waals surface area contributed by atoms with Crippen LogP contribution in [0.15, 0.2) is 36.4 Å². The molecule has 1 aliphatic rings. The van der Waals surface area contributed by atoms with Gasteiger partial charge in [-0.3, -0.25) is 18.7 Å². The lowest BCUT2D eigenvalue weighted by atomic mass is 9.99. The first-order valence-corrected chi connectivity index (χ1v) is 12.3. The Bertz CT molecular complexity index is 1210. The average Bonchev–Trinajstić information content (AvgIpc) is 2.83. The van der Waals surface area contributed by atoms with Crippen molar-refractivity contribution in [1.29, 1.82) is 0 Å². The van der Waals surface area contributed by atoms with Crippen LogP contribution in [0.4, 0.5) is 5.69 Å². The molecular formula is C23H26N2O8S. The van der Waals surface area contributed by atoms with Crippen molar-refractivity contribution in [2.45, 2.75) is 12.8 Å². The van der Waals surface area contributed by atoms with Crippen molar-refractivity contribution in [3.63, 3.8) is 0 Å². The Balaban J connectivity index is 1.54. The fraction of sp³-hybridized carbons (Fsp3) is 0.348. The van der Waals surface area contributed by atoms with E-state index in [0.29, 0.717) is 42.1 Å². The highest BCUT2D eigenvalue weighted by Gasteiger charge is 2.25. The van der Waals surface area contributed by atoms with Gasteiger partial charge in [0.05, 0.1) is 26.2 Å². The second-order valence-corrected chi connectivity index (χ2v) is 9.53. The summed E-state index contributed by atoms with van der Waals surface area (Å²) in [6, 6.07) is 9.29. The number of anilines is 1. The lowest BCUT2D eigenvalue weighted by molar-refractivity contribution is -0.141. The van der Waals surface area contributed by atoms with Crippen molar-refractivity contribution < 1.29 is 37.0 Å². The molecule has 0 aromatic heterocycles. The Labute approximate surface area is 197 Å². The Morgan fingerprint density at radius 1 is 1.00 bits per heavy atom. The zero-order chi connectivity index (χ0) is 24.9. The molecule has 0 radical (unpaired) electrons. The number of benzene rings is 2. The molecule has 1 aliphatic heterocycles. The van der Waals surface area contributed by atoms with Gasteiger partial charge in [-0.15, -0.1) is 0 Å². The molecule has 0 atom stereocenters. The molecule has 3 rings (SSSR count). The number of rotatable bonds is 9. The monoisotopic (exact) mass is 490 g/mol. The van der Waals surface area contributed by atoms with Crippen LogP contribution in [0.5, 0.6) is 11.5 Å². The third-order valence-electron chi connectivity index (χ3n) is 5.28. The van der Waals surface area contributed by atoms with E-state index in [1.807, 2.05) is 0 Å². The number of hydrogen-bond donors (Lipinski definition) is 1. The van der Waals surface area contributed by atoms with Crippen LogP contribution in [0.25, 0.3) is 0 Å².